The molecule has 2 atom stereocenters. The van der Waals surface area contributed by atoms with Crippen LogP contribution in [0.15, 0.2) is 28.8 Å². The predicted molar refractivity (Wildman–Crippen MR) is 97.6 cm³/mol. The fourth-order valence-electron chi connectivity index (χ4n) is 2.97. The molecule has 0 N–H and O–H groups in total. The van der Waals surface area contributed by atoms with Crippen molar-refractivity contribution in [3.8, 4) is 11.4 Å². The Balaban J connectivity index is 1.52. The van der Waals surface area contributed by atoms with Gasteiger partial charge in [0.1, 0.15) is 0 Å². The van der Waals surface area contributed by atoms with Crippen molar-refractivity contribution < 1.29 is 23.5 Å². The van der Waals surface area contributed by atoms with Crippen LogP contribution >= 0.6 is 0 Å². The van der Waals surface area contributed by atoms with Crippen LogP contribution in [0.25, 0.3) is 11.4 Å². The van der Waals surface area contributed by atoms with E-state index in [9.17, 15) is 4.79 Å². The van der Waals surface area contributed by atoms with Crippen LogP contribution in [0.3, 0.4) is 0 Å². The molecule has 27 heavy (non-hydrogen) atoms. The monoisotopic (exact) mass is 374 g/mol. The topological polar surface area (TPSA) is 83.7 Å². The van der Waals surface area contributed by atoms with Crippen molar-refractivity contribution in [2.75, 3.05) is 13.7 Å². The lowest BCUT2D eigenvalue weighted by atomic mass is 10.0. The smallest absolute Gasteiger partial charge is 0.305 e. The highest BCUT2D eigenvalue weighted by atomic mass is 16.7. The highest BCUT2D eigenvalue weighted by molar-refractivity contribution is 5.69. The molecule has 1 aliphatic rings. The van der Waals surface area contributed by atoms with Crippen LogP contribution in [-0.2, 0) is 32.0 Å². The molecule has 1 fully saturated rings. The number of hydrogen-bond acceptors (Lipinski definition) is 7. The van der Waals surface area contributed by atoms with E-state index < -0.39 is 0 Å². The summed E-state index contributed by atoms with van der Waals surface area (Å²) in [4.78, 5) is 15.7. The van der Waals surface area contributed by atoms with E-state index in [1.165, 1.54) is 7.11 Å². The van der Waals surface area contributed by atoms with Gasteiger partial charge in [0.05, 0.1) is 13.7 Å². The molecular weight excluding hydrogens is 348 g/mol. The maximum absolute atomic E-state index is 11.3. The van der Waals surface area contributed by atoms with Gasteiger partial charge in [0.25, 0.3) is 0 Å². The molecule has 0 radical (unpaired) electrons. The van der Waals surface area contributed by atoms with Crippen LogP contribution in [-0.4, -0.2) is 36.1 Å². The van der Waals surface area contributed by atoms with Gasteiger partial charge in [-0.2, -0.15) is 4.98 Å². The summed E-state index contributed by atoms with van der Waals surface area (Å²) in [5.41, 5.74) is 1.95. The predicted octanol–water partition coefficient (Wildman–Crippen LogP) is 3.52. The van der Waals surface area contributed by atoms with Crippen molar-refractivity contribution in [1.82, 2.24) is 10.1 Å². The molecular formula is C20H26N2O5. The van der Waals surface area contributed by atoms with Crippen molar-refractivity contribution in [3.63, 3.8) is 0 Å². The van der Waals surface area contributed by atoms with Gasteiger partial charge in [-0.3, -0.25) is 4.79 Å². The van der Waals surface area contributed by atoms with Gasteiger partial charge in [-0.1, -0.05) is 36.3 Å². The molecule has 7 heteroatoms. The average molecular weight is 374 g/mol. The van der Waals surface area contributed by atoms with E-state index in [4.69, 9.17) is 14.0 Å². The minimum Gasteiger partial charge on any atom is -0.469 e. The van der Waals surface area contributed by atoms with E-state index in [2.05, 4.69) is 14.9 Å². The Morgan fingerprint density at radius 3 is 2.81 bits per heavy atom. The van der Waals surface area contributed by atoms with Crippen molar-refractivity contribution in [1.29, 1.82) is 0 Å². The summed E-state index contributed by atoms with van der Waals surface area (Å²) in [6, 6.07) is 7.89. The van der Waals surface area contributed by atoms with Gasteiger partial charge in [-0.25, -0.2) is 0 Å². The molecule has 3 rings (SSSR count). The highest BCUT2D eigenvalue weighted by Gasteiger charge is 2.16. The van der Waals surface area contributed by atoms with Crippen molar-refractivity contribution in [2.24, 2.45) is 5.92 Å². The average Bonchev–Trinajstić information content (AvgIpc) is 3.15. The molecule has 2 unspecified atom stereocenters. The fraction of sp³-hybridized carbons (Fsp3) is 0.550. The van der Waals surface area contributed by atoms with Gasteiger partial charge >= 0.3 is 5.97 Å². The quantitative estimate of drug-likeness (QED) is 0.654. The van der Waals surface area contributed by atoms with Crippen LogP contribution in [0, 0.1) is 5.92 Å². The molecule has 1 saturated heterocycles. The van der Waals surface area contributed by atoms with Gasteiger partial charge in [-0.15, -0.1) is 0 Å². The zero-order chi connectivity index (χ0) is 19.1. The second-order valence-corrected chi connectivity index (χ2v) is 6.91. The van der Waals surface area contributed by atoms with Crippen LogP contribution in [0.1, 0.15) is 44.1 Å². The number of carbonyl (C=O) groups is 1. The summed E-state index contributed by atoms with van der Waals surface area (Å²) in [5.74, 6) is 0.896. The lowest BCUT2D eigenvalue weighted by Gasteiger charge is -2.22. The number of esters is 1. The van der Waals surface area contributed by atoms with Gasteiger partial charge in [0, 0.05) is 25.0 Å². The summed E-state index contributed by atoms with van der Waals surface area (Å²) in [7, 11) is 1.39. The van der Waals surface area contributed by atoms with Gasteiger partial charge in [0.2, 0.25) is 11.7 Å². The molecule has 0 bridgehead atoms. The first-order valence-corrected chi connectivity index (χ1v) is 9.36. The molecule has 1 aliphatic heterocycles. The van der Waals surface area contributed by atoms with Crippen molar-refractivity contribution >= 4 is 5.97 Å². The fourth-order valence-corrected chi connectivity index (χ4v) is 2.97. The summed E-state index contributed by atoms with van der Waals surface area (Å²) in [5, 5.41) is 4.03. The number of aromatic nitrogens is 2. The standard InChI is InChI=1S/C20H26N2O5/c1-14(12-18(23)24-2)11-17-21-20(22-27-17)16-8-6-15(7-9-16)13-26-19-5-3-4-10-25-19/h6-9,14,19H,3-5,10-13H2,1-2H3. The molecule has 1 aromatic heterocycles. The van der Waals surface area contributed by atoms with E-state index in [1.54, 1.807) is 0 Å². The summed E-state index contributed by atoms with van der Waals surface area (Å²) in [6.45, 7) is 3.25. The largest absolute Gasteiger partial charge is 0.469 e. The highest BCUT2D eigenvalue weighted by Crippen LogP contribution is 2.20. The Hall–Kier alpha value is -2.25. The number of benzene rings is 1. The molecule has 0 spiro atoms. The summed E-state index contributed by atoms with van der Waals surface area (Å²) in [6.07, 6.45) is 4.00. The lowest BCUT2D eigenvalue weighted by Crippen LogP contribution is -2.21. The van der Waals surface area contributed by atoms with Crippen LogP contribution in [0.4, 0.5) is 0 Å². The summed E-state index contributed by atoms with van der Waals surface area (Å²) < 4.78 is 21.4. The third-order valence-corrected chi connectivity index (χ3v) is 4.52. The molecule has 7 nitrogen and oxygen atoms in total. The number of methoxy groups -OCH3 is 1. The normalized spacial score (nSPS) is 18.2. The molecule has 0 amide bonds. The number of ether oxygens (including phenoxy) is 3. The first-order chi connectivity index (χ1) is 13.1. The van der Waals surface area contributed by atoms with E-state index in [0.717, 1.165) is 37.0 Å². The Labute approximate surface area is 159 Å². The molecule has 146 valence electrons. The minimum absolute atomic E-state index is 0.0762. The number of nitrogens with zero attached hydrogens (tertiary/aromatic N) is 2. The maximum atomic E-state index is 11.3. The lowest BCUT2D eigenvalue weighted by molar-refractivity contribution is -0.168. The Morgan fingerprint density at radius 2 is 2.11 bits per heavy atom. The Kier molecular flexibility index (Phi) is 6.95. The van der Waals surface area contributed by atoms with Crippen molar-refractivity contribution in [3.05, 3.63) is 35.7 Å². The van der Waals surface area contributed by atoms with Crippen molar-refractivity contribution in [2.45, 2.75) is 51.9 Å². The second kappa shape index (κ2) is 9.62. The molecule has 1 aromatic carbocycles. The van der Waals surface area contributed by atoms with E-state index in [-0.39, 0.29) is 18.2 Å². The summed E-state index contributed by atoms with van der Waals surface area (Å²) >= 11 is 0. The molecule has 2 heterocycles. The first-order valence-electron chi connectivity index (χ1n) is 9.36. The van der Waals surface area contributed by atoms with Gasteiger partial charge in [0.15, 0.2) is 6.29 Å². The number of rotatable bonds is 8. The molecule has 0 aliphatic carbocycles. The van der Waals surface area contributed by atoms with E-state index in [1.807, 2.05) is 31.2 Å². The number of carbonyl (C=O) groups excluding carboxylic acids is 1. The Bertz CT molecular complexity index is 722. The Morgan fingerprint density at radius 1 is 1.30 bits per heavy atom. The van der Waals surface area contributed by atoms with Crippen LogP contribution < -0.4 is 0 Å². The number of hydrogen-bond donors (Lipinski definition) is 0. The third kappa shape index (κ3) is 5.87. The second-order valence-electron chi connectivity index (χ2n) is 6.91. The minimum atomic E-state index is -0.237. The zero-order valence-corrected chi connectivity index (χ0v) is 15.8. The third-order valence-electron chi connectivity index (χ3n) is 4.52. The maximum Gasteiger partial charge on any atom is 0.305 e. The van der Waals surface area contributed by atoms with E-state index >= 15 is 0 Å². The van der Waals surface area contributed by atoms with Crippen LogP contribution in [0.5, 0.6) is 0 Å². The van der Waals surface area contributed by atoms with Crippen LogP contribution in [0.2, 0.25) is 0 Å². The van der Waals surface area contributed by atoms with E-state index in [0.29, 0.717) is 31.2 Å². The molecule has 2 aromatic rings. The van der Waals surface area contributed by atoms with Gasteiger partial charge < -0.3 is 18.7 Å². The van der Waals surface area contributed by atoms with Gasteiger partial charge in [-0.05, 0) is 30.7 Å². The zero-order valence-electron chi connectivity index (χ0n) is 15.8. The first kappa shape index (κ1) is 19.5. The molecule has 0 saturated carbocycles. The SMILES string of the molecule is COC(=O)CC(C)Cc1nc(-c2ccc(COC3CCCCO3)cc2)no1.